The Morgan fingerprint density at radius 2 is 1.88 bits per heavy atom. The van der Waals surface area contributed by atoms with Crippen molar-refractivity contribution < 1.29 is 14.6 Å². The van der Waals surface area contributed by atoms with E-state index in [1.54, 1.807) is 0 Å². The first-order valence-corrected chi connectivity index (χ1v) is 12.9. The van der Waals surface area contributed by atoms with Crippen molar-refractivity contribution in [3.8, 4) is 5.75 Å². The molecule has 2 aromatic rings. The van der Waals surface area contributed by atoms with Crippen molar-refractivity contribution in [2.75, 3.05) is 13.1 Å². The largest absolute Gasteiger partial charge is 0.490 e. The molecule has 2 aliphatic carbocycles. The molecule has 3 aliphatic rings. The van der Waals surface area contributed by atoms with Crippen molar-refractivity contribution in [3.63, 3.8) is 0 Å². The van der Waals surface area contributed by atoms with Gasteiger partial charge in [-0.2, -0.15) is 0 Å². The third-order valence-corrected chi connectivity index (χ3v) is 8.41. The Balaban J connectivity index is 1.14. The monoisotopic (exact) mass is 450 g/mol. The molecule has 1 saturated heterocycles. The molecule has 0 amide bonds. The molecule has 2 saturated carbocycles. The summed E-state index contributed by atoms with van der Waals surface area (Å²) in [6, 6.07) is 10.6. The van der Waals surface area contributed by atoms with Crippen LogP contribution < -0.4 is 4.74 Å². The second kappa shape index (κ2) is 9.25. The highest BCUT2D eigenvalue weighted by Crippen LogP contribution is 2.39. The number of carboxylic acids is 1. The molecular weight excluding hydrogens is 412 g/mol. The molecule has 1 aromatic heterocycles. The molecular formula is C28H38N2O3. The zero-order valence-corrected chi connectivity index (χ0v) is 20.1. The summed E-state index contributed by atoms with van der Waals surface area (Å²) in [5.41, 5.74) is 2.59. The normalized spacial score (nSPS) is 26.7. The molecule has 1 aliphatic heterocycles. The van der Waals surface area contributed by atoms with E-state index in [0.717, 1.165) is 74.1 Å². The average molecular weight is 451 g/mol. The summed E-state index contributed by atoms with van der Waals surface area (Å²) in [6.45, 7) is 7.72. The molecule has 3 fully saturated rings. The highest BCUT2D eigenvalue weighted by Gasteiger charge is 2.37. The highest BCUT2D eigenvalue weighted by atomic mass is 16.5. The molecule has 178 valence electrons. The molecule has 33 heavy (non-hydrogen) atoms. The number of nitrogens with zero attached hydrogens (tertiary/aromatic N) is 2. The minimum atomic E-state index is -0.604. The third-order valence-electron chi connectivity index (χ3n) is 8.41. The van der Waals surface area contributed by atoms with Crippen molar-refractivity contribution in [1.29, 1.82) is 0 Å². The Labute approximate surface area is 197 Å². The van der Waals surface area contributed by atoms with Gasteiger partial charge in [-0.25, -0.2) is 0 Å². The highest BCUT2D eigenvalue weighted by molar-refractivity contribution is 5.80. The fourth-order valence-electron chi connectivity index (χ4n) is 6.14. The Hall–Kier alpha value is -2.14. The molecule has 0 radical (unpaired) electrons. The van der Waals surface area contributed by atoms with Crippen molar-refractivity contribution in [2.45, 2.75) is 77.9 Å². The van der Waals surface area contributed by atoms with Gasteiger partial charge in [0.25, 0.3) is 0 Å². The van der Waals surface area contributed by atoms with Gasteiger partial charge in [0.1, 0.15) is 5.75 Å². The number of aromatic nitrogens is 1. The average Bonchev–Trinajstić information content (AvgIpc) is 2.77. The second-order valence-electron chi connectivity index (χ2n) is 11.6. The van der Waals surface area contributed by atoms with E-state index in [1.165, 1.54) is 19.3 Å². The van der Waals surface area contributed by atoms with Crippen LogP contribution in [0.5, 0.6) is 5.75 Å². The molecule has 0 bridgehead atoms. The number of likely N-dealkylation sites (tertiary alicyclic amines) is 1. The van der Waals surface area contributed by atoms with Gasteiger partial charge in [0.05, 0.1) is 23.2 Å². The maximum Gasteiger partial charge on any atom is 0.306 e. The molecule has 1 aromatic carbocycles. The van der Waals surface area contributed by atoms with Crippen LogP contribution in [0.4, 0.5) is 0 Å². The van der Waals surface area contributed by atoms with Crippen LogP contribution in [0.25, 0.3) is 10.9 Å². The maximum atomic E-state index is 11.4. The number of pyridine rings is 1. The summed E-state index contributed by atoms with van der Waals surface area (Å²) in [7, 11) is 0. The fraction of sp³-hybridized carbons (Fsp3) is 0.643. The number of benzene rings is 1. The van der Waals surface area contributed by atoms with E-state index in [1.807, 2.05) is 0 Å². The first-order chi connectivity index (χ1) is 15.8. The minimum absolute atomic E-state index is 0.126. The third kappa shape index (κ3) is 5.34. The first-order valence-electron chi connectivity index (χ1n) is 12.9. The predicted molar refractivity (Wildman–Crippen MR) is 130 cm³/mol. The lowest BCUT2D eigenvalue weighted by atomic mass is 9.72. The number of aliphatic carboxylic acids is 1. The molecule has 0 unspecified atom stereocenters. The van der Waals surface area contributed by atoms with Gasteiger partial charge in [-0.1, -0.05) is 32.8 Å². The van der Waals surface area contributed by atoms with Crippen molar-refractivity contribution in [1.82, 2.24) is 9.88 Å². The van der Waals surface area contributed by atoms with Gasteiger partial charge < -0.3 is 9.84 Å². The van der Waals surface area contributed by atoms with Crippen LogP contribution in [0.2, 0.25) is 0 Å². The lowest BCUT2D eigenvalue weighted by Crippen LogP contribution is -2.50. The lowest BCUT2D eigenvalue weighted by Gasteiger charge is -2.45. The Morgan fingerprint density at radius 3 is 2.64 bits per heavy atom. The van der Waals surface area contributed by atoms with Crippen molar-refractivity contribution in [3.05, 3.63) is 36.0 Å². The van der Waals surface area contributed by atoms with Gasteiger partial charge in [0.2, 0.25) is 0 Å². The Morgan fingerprint density at radius 1 is 1.09 bits per heavy atom. The molecule has 2 heterocycles. The van der Waals surface area contributed by atoms with Crippen LogP contribution in [-0.2, 0) is 11.3 Å². The number of rotatable bonds is 6. The standard InChI is InChI=1S/C28H38N2O3/c1-28(2)12-10-24(11-13-28)33-25-8-9-26-20(15-25)6-7-23(29-26)18-30-16-22(17-30)19-4-3-5-21(14-19)27(31)32/h6-9,15,19,21-22,24H,3-5,10-14,16-18H2,1-2H3,(H,31,32)/t19-,21-/m1/s1. The summed E-state index contributed by atoms with van der Waals surface area (Å²) in [5, 5.41) is 10.5. The predicted octanol–water partition coefficient (Wildman–Crippen LogP) is 5.91. The quantitative estimate of drug-likeness (QED) is 0.593. The summed E-state index contributed by atoms with van der Waals surface area (Å²) in [6.07, 6.45) is 9.04. The summed E-state index contributed by atoms with van der Waals surface area (Å²) < 4.78 is 6.30. The zero-order chi connectivity index (χ0) is 23.0. The van der Waals surface area contributed by atoms with Crippen LogP contribution in [-0.4, -0.2) is 40.2 Å². The zero-order valence-electron chi connectivity index (χ0n) is 20.1. The summed E-state index contributed by atoms with van der Waals surface area (Å²) in [5.74, 6) is 1.46. The first kappa shape index (κ1) is 22.6. The SMILES string of the molecule is CC1(C)CCC(Oc2ccc3nc(CN4CC([C@@H]5CCC[C@@H](C(=O)O)C5)C4)ccc3c2)CC1. The van der Waals surface area contributed by atoms with Gasteiger partial charge in [-0.3, -0.25) is 14.7 Å². The van der Waals surface area contributed by atoms with Crippen LogP contribution in [0, 0.1) is 23.2 Å². The molecule has 0 spiro atoms. The molecule has 2 atom stereocenters. The van der Waals surface area contributed by atoms with Gasteiger partial charge >= 0.3 is 5.97 Å². The number of ether oxygens (including phenoxy) is 1. The number of carboxylic acid groups (broad SMARTS) is 1. The van der Waals surface area contributed by atoms with Gasteiger partial charge in [-0.05, 0) is 80.0 Å². The van der Waals surface area contributed by atoms with E-state index in [0.29, 0.717) is 23.4 Å². The Kier molecular flexibility index (Phi) is 6.34. The smallest absolute Gasteiger partial charge is 0.306 e. The van der Waals surface area contributed by atoms with E-state index in [-0.39, 0.29) is 5.92 Å². The van der Waals surface area contributed by atoms with Crippen molar-refractivity contribution >= 4 is 16.9 Å². The summed E-state index contributed by atoms with van der Waals surface area (Å²) in [4.78, 5) is 18.7. The fourth-order valence-corrected chi connectivity index (χ4v) is 6.14. The Bertz CT molecular complexity index is 988. The molecule has 5 heteroatoms. The maximum absolute atomic E-state index is 11.4. The van der Waals surface area contributed by atoms with E-state index < -0.39 is 5.97 Å². The molecule has 5 rings (SSSR count). The van der Waals surface area contributed by atoms with Crippen molar-refractivity contribution in [2.24, 2.45) is 23.2 Å². The molecule has 5 nitrogen and oxygen atoms in total. The van der Waals surface area contributed by atoms with E-state index in [2.05, 4.69) is 49.1 Å². The van der Waals surface area contributed by atoms with Crippen LogP contribution in [0.15, 0.2) is 30.3 Å². The van der Waals surface area contributed by atoms with Crippen LogP contribution in [0.1, 0.15) is 70.9 Å². The second-order valence-corrected chi connectivity index (χ2v) is 11.6. The van der Waals surface area contributed by atoms with Gasteiger partial charge in [-0.15, -0.1) is 0 Å². The van der Waals surface area contributed by atoms with Gasteiger partial charge in [0, 0.05) is 25.0 Å². The van der Waals surface area contributed by atoms with Gasteiger partial charge in [0.15, 0.2) is 0 Å². The molecule has 1 N–H and O–H groups in total. The lowest BCUT2D eigenvalue weighted by molar-refractivity contribution is -0.144. The topological polar surface area (TPSA) is 62.7 Å². The minimum Gasteiger partial charge on any atom is -0.490 e. The van der Waals surface area contributed by atoms with E-state index in [4.69, 9.17) is 9.72 Å². The van der Waals surface area contributed by atoms with Crippen LogP contribution >= 0.6 is 0 Å². The van der Waals surface area contributed by atoms with E-state index in [9.17, 15) is 9.90 Å². The van der Waals surface area contributed by atoms with Crippen LogP contribution in [0.3, 0.4) is 0 Å². The summed E-state index contributed by atoms with van der Waals surface area (Å²) >= 11 is 0. The number of fused-ring (bicyclic) bond motifs is 1. The van der Waals surface area contributed by atoms with E-state index >= 15 is 0 Å². The number of carbonyl (C=O) groups is 1. The number of hydrogen-bond acceptors (Lipinski definition) is 4. The number of hydrogen-bond donors (Lipinski definition) is 1.